The molecule has 0 amide bonds. The first-order valence-electron chi connectivity index (χ1n) is 7.97. The summed E-state index contributed by atoms with van der Waals surface area (Å²) in [6.45, 7) is 2.91. The Kier molecular flexibility index (Phi) is 7.00. The summed E-state index contributed by atoms with van der Waals surface area (Å²) >= 11 is 0. The molecule has 1 unspecified atom stereocenters. The maximum absolute atomic E-state index is 13.6. The van der Waals surface area contributed by atoms with Crippen LogP contribution in [0.3, 0.4) is 0 Å². The molecular formula is C18H23FN4O2. The topological polar surface area (TPSA) is 67.8 Å². The molecule has 0 bridgehead atoms. The minimum absolute atomic E-state index is 0.225. The maximum Gasteiger partial charge on any atom is 0.213 e. The van der Waals surface area contributed by atoms with Crippen molar-refractivity contribution in [1.82, 2.24) is 15.6 Å². The normalized spacial score (nSPS) is 12.4. The van der Waals surface area contributed by atoms with Crippen LogP contribution in [0.25, 0.3) is 0 Å². The van der Waals surface area contributed by atoms with Crippen molar-refractivity contribution < 1.29 is 13.9 Å². The van der Waals surface area contributed by atoms with Gasteiger partial charge in [-0.2, -0.15) is 0 Å². The van der Waals surface area contributed by atoms with Gasteiger partial charge in [0, 0.05) is 25.9 Å². The number of rotatable bonds is 7. The van der Waals surface area contributed by atoms with Gasteiger partial charge in [-0.05, 0) is 30.7 Å². The van der Waals surface area contributed by atoms with Gasteiger partial charge in [0.1, 0.15) is 6.10 Å². The van der Waals surface area contributed by atoms with Gasteiger partial charge in [0.2, 0.25) is 5.88 Å². The van der Waals surface area contributed by atoms with Crippen molar-refractivity contribution in [2.24, 2.45) is 4.99 Å². The average Bonchev–Trinajstić information content (AvgIpc) is 2.64. The number of nitrogens with one attached hydrogen (secondary N) is 2. The number of aromatic nitrogens is 1. The number of hydrogen-bond donors (Lipinski definition) is 2. The molecule has 2 N–H and O–H groups in total. The van der Waals surface area contributed by atoms with Crippen molar-refractivity contribution in [3.05, 3.63) is 54.0 Å². The zero-order valence-electron chi connectivity index (χ0n) is 14.6. The smallest absolute Gasteiger partial charge is 0.213 e. The standard InChI is InChI=1S/C18H23FN4O2/c1-13(25-16-7-5-4-6-15(16)19)11-22-18(20-2)23-12-14-8-9-21-17(10-14)24-3/h4-10,13H,11-12H2,1-3H3,(H2,20,22,23). The molecule has 6 nitrogen and oxygen atoms in total. The van der Waals surface area contributed by atoms with Gasteiger partial charge in [-0.15, -0.1) is 0 Å². The Labute approximate surface area is 147 Å². The Morgan fingerprint density at radius 1 is 1.28 bits per heavy atom. The van der Waals surface area contributed by atoms with Gasteiger partial charge in [0.05, 0.1) is 13.7 Å². The van der Waals surface area contributed by atoms with Gasteiger partial charge in [-0.1, -0.05) is 12.1 Å². The number of para-hydroxylation sites is 1. The first kappa shape index (κ1) is 18.5. The molecule has 0 aliphatic heterocycles. The molecule has 25 heavy (non-hydrogen) atoms. The van der Waals surface area contributed by atoms with Crippen LogP contribution in [0.15, 0.2) is 47.6 Å². The first-order chi connectivity index (χ1) is 12.1. The van der Waals surface area contributed by atoms with E-state index in [4.69, 9.17) is 9.47 Å². The molecule has 2 rings (SSSR count). The highest BCUT2D eigenvalue weighted by atomic mass is 19.1. The molecule has 134 valence electrons. The number of hydrogen-bond acceptors (Lipinski definition) is 4. The van der Waals surface area contributed by atoms with Crippen molar-refractivity contribution >= 4 is 5.96 Å². The maximum atomic E-state index is 13.6. The Morgan fingerprint density at radius 3 is 2.80 bits per heavy atom. The first-order valence-corrected chi connectivity index (χ1v) is 7.97. The van der Waals surface area contributed by atoms with Gasteiger partial charge in [0.25, 0.3) is 0 Å². The number of nitrogens with zero attached hydrogens (tertiary/aromatic N) is 2. The van der Waals surface area contributed by atoms with E-state index in [1.54, 1.807) is 38.6 Å². The molecule has 0 spiro atoms. The highest BCUT2D eigenvalue weighted by Crippen LogP contribution is 2.16. The van der Waals surface area contributed by atoms with Crippen LogP contribution in [0.1, 0.15) is 12.5 Å². The Morgan fingerprint density at radius 2 is 2.08 bits per heavy atom. The molecule has 1 heterocycles. The number of methoxy groups -OCH3 is 1. The predicted molar refractivity (Wildman–Crippen MR) is 95.5 cm³/mol. The zero-order valence-corrected chi connectivity index (χ0v) is 14.6. The van der Waals surface area contributed by atoms with E-state index in [9.17, 15) is 4.39 Å². The van der Waals surface area contributed by atoms with Crippen LogP contribution in [0.4, 0.5) is 4.39 Å². The second-order valence-electron chi connectivity index (χ2n) is 5.37. The fraction of sp³-hybridized carbons (Fsp3) is 0.333. The fourth-order valence-corrected chi connectivity index (χ4v) is 2.12. The number of halogens is 1. The van der Waals surface area contributed by atoms with Crippen molar-refractivity contribution in [3.8, 4) is 11.6 Å². The lowest BCUT2D eigenvalue weighted by Crippen LogP contribution is -2.41. The van der Waals surface area contributed by atoms with Crippen LogP contribution in [0.5, 0.6) is 11.6 Å². The molecule has 0 aliphatic carbocycles. The molecule has 1 aromatic heterocycles. The fourth-order valence-electron chi connectivity index (χ4n) is 2.12. The summed E-state index contributed by atoms with van der Waals surface area (Å²) in [4.78, 5) is 8.23. The van der Waals surface area contributed by atoms with Crippen LogP contribution in [0, 0.1) is 5.82 Å². The summed E-state index contributed by atoms with van der Waals surface area (Å²) in [6.07, 6.45) is 1.47. The largest absolute Gasteiger partial charge is 0.486 e. The van der Waals surface area contributed by atoms with Crippen LogP contribution in [0.2, 0.25) is 0 Å². The molecule has 1 aromatic carbocycles. The van der Waals surface area contributed by atoms with Gasteiger partial charge >= 0.3 is 0 Å². The summed E-state index contributed by atoms with van der Waals surface area (Å²) in [7, 11) is 3.27. The SMILES string of the molecule is CN=C(NCc1ccnc(OC)c1)NCC(C)Oc1ccccc1F. The van der Waals surface area contributed by atoms with E-state index in [1.807, 2.05) is 19.1 Å². The third-order valence-electron chi connectivity index (χ3n) is 3.41. The molecule has 1 atom stereocenters. The summed E-state index contributed by atoms with van der Waals surface area (Å²) in [5, 5.41) is 6.35. The van der Waals surface area contributed by atoms with Crippen LogP contribution < -0.4 is 20.1 Å². The Balaban J connectivity index is 1.80. The van der Waals surface area contributed by atoms with Gasteiger partial charge in [-0.25, -0.2) is 9.37 Å². The zero-order chi connectivity index (χ0) is 18.1. The highest BCUT2D eigenvalue weighted by molar-refractivity contribution is 5.79. The van der Waals surface area contributed by atoms with Gasteiger partial charge in [0.15, 0.2) is 17.5 Å². The molecule has 7 heteroatoms. The molecule has 0 radical (unpaired) electrons. The van der Waals surface area contributed by atoms with Crippen molar-refractivity contribution in [2.75, 3.05) is 20.7 Å². The number of pyridine rings is 1. The van der Waals surface area contributed by atoms with E-state index in [0.717, 1.165) is 5.56 Å². The lowest BCUT2D eigenvalue weighted by Gasteiger charge is -2.18. The number of aliphatic imine (C=N–C) groups is 1. The average molecular weight is 346 g/mol. The molecule has 0 fully saturated rings. The second-order valence-corrected chi connectivity index (χ2v) is 5.37. The lowest BCUT2D eigenvalue weighted by atomic mass is 10.2. The molecule has 0 aliphatic rings. The minimum atomic E-state index is -0.372. The van der Waals surface area contributed by atoms with Crippen molar-refractivity contribution in [1.29, 1.82) is 0 Å². The Hall–Kier alpha value is -2.83. The van der Waals surface area contributed by atoms with Gasteiger partial charge < -0.3 is 20.1 Å². The van der Waals surface area contributed by atoms with E-state index < -0.39 is 0 Å². The minimum Gasteiger partial charge on any atom is -0.486 e. The second kappa shape index (κ2) is 9.46. The lowest BCUT2D eigenvalue weighted by molar-refractivity contribution is 0.214. The Bertz CT molecular complexity index is 709. The molecule has 0 saturated carbocycles. The summed E-state index contributed by atoms with van der Waals surface area (Å²) in [5.41, 5.74) is 1.02. The quantitative estimate of drug-likeness (QED) is 0.595. The van der Waals surface area contributed by atoms with Crippen molar-refractivity contribution in [2.45, 2.75) is 19.6 Å². The molecule has 2 aromatic rings. The molecular weight excluding hydrogens is 323 g/mol. The highest BCUT2D eigenvalue weighted by Gasteiger charge is 2.09. The van der Waals surface area contributed by atoms with Crippen molar-refractivity contribution in [3.63, 3.8) is 0 Å². The summed E-state index contributed by atoms with van der Waals surface area (Å²) in [5.74, 6) is 1.06. The summed E-state index contributed by atoms with van der Waals surface area (Å²) in [6, 6.07) is 10.1. The third-order valence-corrected chi connectivity index (χ3v) is 3.41. The number of benzene rings is 1. The van der Waals surface area contributed by atoms with Crippen LogP contribution in [-0.4, -0.2) is 37.7 Å². The van der Waals surface area contributed by atoms with E-state index in [-0.39, 0.29) is 17.7 Å². The number of guanidine groups is 1. The predicted octanol–water partition coefficient (Wildman–Crippen LogP) is 2.36. The number of ether oxygens (including phenoxy) is 2. The van der Waals surface area contributed by atoms with E-state index in [0.29, 0.717) is 24.9 Å². The van der Waals surface area contributed by atoms with Crippen LogP contribution in [-0.2, 0) is 6.54 Å². The third kappa shape index (κ3) is 5.95. The monoisotopic (exact) mass is 346 g/mol. The van der Waals surface area contributed by atoms with Gasteiger partial charge in [-0.3, -0.25) is 4.99 Å². The van der Waals surface area contributed by atoms with E-state index in [2.05, 4.69) is 20.6 Å². The molecule has 0 saturated heterocycles. The van der Waals surface area contributed by atoms with E-state index in [1.165, 1.54) is 6.07 Å². The van der Waals surface area contributed by atoms with E-state index >= 15 is 0 Å². The summed E-state index contributed by atoms with van der Waals surface area (Å²) < 4.78 is 24.3. The van der Waals surface area contributed by atoms with Crippen LogP contribution >= 0.6 is 0 Å².